The van der Waals surface area contributed by atoms with Gasteiger partial charge in [-0.25, -0.2) is 4.79 Å². The molecule has 2 aromatic carbocycles. The van der Waals surface area contributed by atoms with Crippen molar-refractivity contribution < 1.29 is 9.53 Å². The molecule has 0 aliphatic heterocycles. The molecule has 0 saturated heterocycles. The van der Waals surface area contributed by atoms with E-state index >= 15 is 0 Å². The number of hydrogen-bond donors (Lipinski definition) is 0. The van der Waals surface area contributed by atoms with E-state index in [0.29, 0.717) is 5.56 Å². The van der Waals surface area contributed by atoms with Gasteiger partial charge in [0, 0.05) is 0 Å². The molecule has 0 aromatic heterocycles. The second-order valence-corrected chi connectivity index (χ2v) is 3.66. The van der Waals surface area contributed by atoms with Gasteiger partial charge in [-0.1, -0.05) is 24.3 Å². The van der Waals surface area contributed by atoms with E-state index in [4.69, 9.17) is 15.3 Å². The SMILES string of the molecule is N#Cc1cccc(OC(=O)c2ccccc2)c1C#N. The van der Waals surface area contributed by atoms with Crippen LogP contribution in [-0.4, -0.2) is 5.97 Å². The third-order valence-electron chi connectivity index (χ3n) is 2.47. The molecule has 0 amide bonds. The van der Waals surface area contributed by atoms with Crippen molar-refractivity contribution in [2.45, 2.75) is 0 Å². The van der Waals surface area contributed by atoms with Gasteiger partial charge in [0.1, 0.15) is 23.5 Å². The third-order valence-corrected chi connectivity index (χ3v) is 2.47. The summed E-state index contributed by atoms with van der Waals surface area (Å²) in [6.45, 7) is 0. The molecule has 4 heteroatoms. The molecule has 0 fully saturated rings. The molecule has 0 atom stereocenters. The van der Waals surface area contributed by atoms with Gasteiger partial charge in [-0.3, -0.25) is 0 Å². The number of carbonyl (C=O) groups excluding carboxylic acids is 1. The Morgan fingerprint density at radius 2 is 1.68 bits per heavy atom. The summed E-state index contributed by atoms with van der Waals surface area (Å²) in [5.74, 6) is -0.470. The highest BCUT2D eigenvalue weighted by molar-refractivity contribution is 5.91. The summed E-state index contributed by atoms with van der Waals surface area (Å²) >= 11 is 0. The monoisotopic (exact) mass is 248 g/mol. The zero-order valence-electron chi connectivity index (χ0n) is 9.83. The Morgan fingerprint density at radius 3 is 2.32 bits per heavy atom. The molecule has 0 saturated carbocycles. The van der Waals surface area contributed by atoms with Crippen molar-refractivity contribution in [2.75, 3.05) is 0 Å². The lowest BCUT2D eigenvalue weighted by atomic mass is 10.1. The smallest absolute Gasteiger partial charge is 0.343 e. The number of esters is 1. The van der Waals surface area contributed by atoms with E-state index in [1.54, 1.807) is 36.4 Å². The lowest BCUT2D eigenvalue weighted by Gasteiger charge is -2.06. The summed E-state index contributed by atoms with van der Waals surface area (Å²) in [5, 5.41) is 17.9. The first-order valence-electron chi connectivity index (χ1n) is 5.46. The molecule has 0 radical (unpaired) electrons. The van der Waals surface area contributed by atoms with Crippen molar-refractivity contribution >= 4 is 5.97 Å². The summed E-state index contributed by atoms with van der Waals surface area (Å²) in [7, 11) is 0. The lowest BCUT2D eigenvalue weighted by molar-refractivity contribution is 0.0734. The second-order valence-electron chi connectivity index (χ2n) is 3.66. The van der Waals surface area contributed by atoms with E-state index in [1.165, 1.54) is 12.1 Å². The van der Waals surface area contributed by atoms with Crippen molar-refractivity contribution in [3.63, 3.8) is 0 Å². The topological polar surface area (TPSA) is 73.9 Å². The summed E-state index contributed by atoms with van der Waals surface area (Å²) in [6, 6.07) is 16.7. The van der Waals surface area contributed by atoms with Crippen molar-refractivity contribution in [1.82, 2.24) is 0 Å². The lowest BCUT2D eigenvalue weighted by Crippen LogP contribution is -2.09. The van der Waals surface area contributed by atoms with Crippen LogP contribution < -0.4 is 4.74 Å². The van der Waals surface area contributed by atoms with E-state index in [-0.39, 0.29) is 16.9 Å². The first kappa shape index (κ1) is 12.3. The van der Waals surface area contributed by atoms with Crippen LogP contribution in [0, 0.1) is 22.7 Å². The van der Waals surface area contributed by atoms with Gasteiger partial charge in [0.15, 0.2) is 0 Å². The zero-order valence-corrected chi connectivity index (χ0v) is 9.83. The molecule has 0 aliphatic carbocycles. The Bertz CT molecular complexity index is 694. The number of nitriles is 2. The molecule has 0 aliphatic rings. The maximum absolute atomic E-state index is 11.9. The Hall–Kier alpha value is -3.11. The largest absolute Gasteiger partial charge is 0.421 e. The van der Waals surface area contributed by atoms with Crippen LogP contribution in [0.2, 0.25) is 0 Å². The highest BCUT2D eigenvalue weighted by Crippen LogP contribution is 2.22. The van der Waals surface area contributed by atoms with Crippen LogP contribution in [0.15, 0.2) is 48.5 Å². The van der Waals surface area contributed by atoms with Crippen molar-refractivity contribution in [2.24, 2.45) is 0 Å². The van der Waals surface area contributed by atoms with Crippen LogP contribution >= 0.6 is 0 Å². The van der Waals surface area contributed by atoms with Crippen molar-refractivity contribution in [3.05, 3.63) is 65.2 Å². The number of rotatable bonds is 2. The first-order chi connectivity index (χ1) is 9.26. The fourth-order valence-corrected chi connectivity index (χ4v) is 1.56. The van der Waals surface area contributed by atoms with Gasteiger partial charge in [0.05, 0.1) is 11.1 Å². The van der Waals surface area contributed by atoms with Crippen LogP contribution in [0.5, 0.6) is 5.75 Å². The van der Waals surface area contributed by atoms with Crippen LogP contribution in [0.4, 0.5) is 0 Å². The molecule has 0 unspecified atom stereocenters. The van der Waals surface area contributed by atoms with E-state index < -0.39 is 5.97 Å². The molecule has 0 N–H and O–H groups in total. The van der Waals surface area contributed by atoms with Gasteiger partial charge in [0.25, 0.3) is 0 Å². The average molecular weight is 248 g/mol. The third kappa shape index (κ3) is 2.59. The Morgan fingerprint density at radius 1 is 0.947 bits per heavy atom. The number of ether oxygens (including phenoxy) is 1. The summed E-state index contributed by atoms with van der Waals surface area (Å²) in [4.78, 5) is 11.9. The Kier molecular flexibility index (Phi) is 3.56. The minimum atomic E-state index is -0.563. The molecule has 0 bridgehead atoms. The summed E-state index contributed by atoms with van der Waals surface area (Å²) in [5.41, 5.74) is 0.629. The van der Waals surface area contributed by atoms with Crippen molar-refractivity contribution in [1.29, 1.82) is 10.5 Å². The number of hydrogen-bond acceptors (Lipinski definition) is 4. The maximum atomic E-state index is 11.9. The molecule has 90 valence electrons. The van der Waals surface area contributed by atoms with Crippen LogP contribution in [0.1, 0.15) is 21.5 Å². The molecular formula is C15H8N2O2. The molecule has 0 spiro atoms. The number of nitrogens with zero attached hydrogens (tertiary/aromatic N) is 2. The predicted molar refractivity (Wildman–Crippen MR) is 67.3 cm³/mol. The van der Waals surface area contributed by atoms with Crippen LogP contribution in [-0.2, 0) is 0 Å². The van der Waals surface area contributed by atoms with Crippen LogP contribution in [0.3, 0.4) is 0 Å². The summed E-state index contributed by atoms with van der Waals surface area (Å²) < 4.78 is 5.15. The first-order valence-corrected chi connectivity index (χ1v) is 5.46. The molecule has 2 aromatic rings. The molecule has 2 rings (SSSR count). The average Bonchev–Trinajstić information content (AvgIpc) is 2.47. The van der Waals surface area contributed by atoms with Gasteiger partial charge >= 0.3 is 5.97 Å². The van der Waals surface area contributed by atoms with Gasteiger partial charge < -0.3 is 4.74 Å². The van der Waals surface area contributed by atoms with E-state index in [9.17, 15) is 4.79 Å². The van der Waals surface area contributed by atoms with Gasteiger partial charge in [-0.05, 0) is 24.3 Å². The molecule has 0 heterocycles. The normalized spacial score (nSPS) is 9.16. The fourth-order valence-electron chi connectivity index (χ4n) is 1.56. The molecule has 4 nitrogen and oxygen atoms in total. The highest BCUT2D eigenvalue weighted by Gasteiger charge is 2.13. The minimum Gasteiger partial charge on any atom is -0.421 e. The second kappa shape index (κ2) is 5.48. The quantitative estimate of drug-likeness (QED) is 0.604. The minimum absolute atomic E-state index is 0.0641. The van der Waals surface area contributed by atoms with Crippen LogP contribution in [0.25, 0.3) is 0 Å². The Balaban J connectivity index is 2.33. The van der Waals surface area contributed by atoms with Gasteiger partial charge in [-0.15, -0.1) is 0 Å². The van der Waals surface area contributed by atoms with Gasteiger partial charge in [0.2, 0.25) is 0 Å². The van der Waals surface area contributed by atoms with E-state index in [0.717, 1.165) is 0 Å². The summed E-state index contributed by atoms with van der Waals surface area (Å²) in [6.07, 6.45) is 0. The van der Waals surface area contributed by atoms with E-state index in [2.05, 4.69) is 0 Å². The Labute approximate surface area is 110 Å². The predicted octanol–water partition coefficient (Wildman–Crippen LogP) is 2.65. The molecule has 19 heavy (non-hydrogen) atoms. The number of carbonyl (C=O) groups is 1. The fraction of sp³-hybridized carbons (Fsp3) is 0. The highest BCUT2D eigenvalue weighted by atomic mass is 16.5. The number of benzene rings is 2. The van der Waals surface area contributed by atoms with Gasteiger partial charge in [-0.2, -0.15) is 10.5 Å². The zero-order chi connectivity index (χ0) is 13.7. The molecular weight excluding hydrogens is 240 g/mol. The van der Waals surface area contributed by atoms with E-state index in [1.807, 2.05) is 12.1 Å². The maximum Gasteiger partial charge on any atom is 0.343 e. The standard InChI is InChI=1S/C15H8N2O2/c16-9-12-7-4-8-14(13(12)10-17)19-15(18)11-5-2-1-3-6-11/h1-8H. The van der Waals surface area contributed by atoms with Crippen molar-refractivity contribution in [3.8, 4) is 17.9 Å².